The molecule has 1 aliphatic rings. The van der Waals surface area contributed by atoms with Crippen LogP contribution in [0.5, 0.6) is 11.5 Å². The molecule has 0 spiro atoms. The van der Waals surface area contributed by atoms with Crippen LogP contribution < -0.4 is 9.47 Å². The topological polar surface area (TPSA) is 82.1 Å². The summed E-state index contributed by atoms with van der Waals surface area (Å²) in [5.41, 5.74) is 1.31. The highest BCUT2D eigenvalue weighted by molar-refractivity contribution is 7.08. The minimum atomic E-state index is -0.805. The van der Waals surface area contributed by atoms with E-state index in [2.05, 4.69) is 0 Å². The number of nitrogens with zero attached hydrogens (tertiary/aromatic N) is 1. The van der Waals surface area contributed by atoms with Gasteiger partial charge >= 0.3 is 5.97 Å². The zero-order valence-corrected chi connectivity index (χ0v) is 16.7. The summed E-state index contributed by atoms with van der Waals surface area (Å²) in [6, 6.07) is 4.31. The number of hydrogen-bond acceptors (Lipinski definition) is 7. The Morgan fingerprint density at radius 2 is 1.75 bits per heavy atom. The van der Waals surface area contributed by atoms with E-state index in [1.807, 2.05) is 6.92 Å². The van der Waals surface area contributed by atoms with Gasteiger partial charge in [0.1, 0.15) is 0 Å². The Morgan fingerprint density at radius 3 is 2.32 bits per heavy atom. The highest BCUT2D eigenvalue weighted by Gasteiger charge is 2.42. The smallest absolute Gasteiger partial charge is 0.308 e. The van der Waals surface area contributed by atoms with E-state index >= 15 is 0 Å². The van der Waals surface area contributed by atoms with Gasteiger partial charge in [0, 0.05) is 10.8 Å². The molecular weight excluding hydrogens is 382 g/mol. The molecule has 1 aromatic carbocycles. The molecule has 0 saturated carbocycles. The quantitative estimate of drug-likeness (QED) is 0.496. The first kappa shape index (κ1) is 19.9. The molecule has 28 heavy (non-hydrogen) atoms. The molecular formula is C20H21NO6S. The fourth-order valence-electron chi connectivity index (χ4n) is 3.17. The number of esters is 1. The van der Waals surface area contributed by atoms with Gasteiger partial charge in [0.25, 0.3) is 11.8 Å². The lowest BCUT2D eigenvalue weighted by Gasteiger charge is -2.26. The van der Waals surface area contributed by atoms with E-state index in [-0.39, 0.29) is 13.0 Å². The van der Waals surface area contributed by atoms with E-state index in [1.165, 1.54) is 18.4 Å². The van der Waals surface area contributed by atoms with Crippen LogP contribution in [0, 0.1) is 0 Å². The predicted octanol–water partition coefficient (Wildman–Crippen LogP) is 3.45. The van der Waals surface area contributed by atoms with Crippen molar-refractivity contribution in [3.63, 3.8) is 0 Å². The minimum absolute atomic E-state index is 0.143. The third kappa shape index (κ3) is 3.60. The van der Waals surface area contributed by atoms with Crippen molar-refractivity contribution >= 4 is 29.1 Å². The fraction of sp³-hybridized carbons (Fsp3) is 0.350. The largest absolute Gasteiger partial charge is 0.493 e. The van der Waals surface area contributed by atoms with Gasteiger partial charge in [0.05, 0.1) is 43.9 Å². The van der Waals surface area contributed by atoms with Crippen molar-refractivity contribution in [1.29, 1.82) is 0 Å². The second-order valence-corrected chi connectivity index (χ2v) is 6.79. The molecule has 1 unspecified atom stereocenters. The monoisotopic (exact) mass is 403 g/mol. The summed E-state index contributed by atoms with van der Waals surface area (Å²) in [6.45, 7) is 4.24. The second kappa shape index (κ2) is 8.43. The molecule has 1 atom stereocenters. The van der Waals surface area contributed by atoms with Crippen molar-refractivity contribution in [3.8, 4) is 11.5 Å². The summed E-state index contributed by atoms with van der Waals surface area (Å²) < 4.78 is 16.0. The van der Waals surface area contributed by atoms with Gasteiger partial charge in [-0.05, 0) is 31.5 Å². The maximum Gasteiger partial charge on any atom is 0.308 e. The van der Waals surface area contributed by atoms with Crippen molar-refractivity contribution in [3.05, 3.63) is 45.6 Å². The molecule has 0 aliphatic carbocycles. The molecule has 2 heterocycles. The standard InChI is InChI=1S/C20H21NO6S/c1-4-26-16-7-6-12(8-17(16)25-3)15(9-18(22)27-5-2)21-19(23)13-10-28-11-14(13)20(21)24/h6-8,10-11,15H,4-5,9H2,1-3H3. The van der Waals surface area contributed by atoms with E-state index in [0.717, 1.165) is 4.90 Å². The first-order valence-electron chi connectivity index (χ1n) is 8.92. The molecule has 8 heteroatoms. The fourth-order valence-corrected chi connectivity index (χ4v) is 3.96. The van der Waals surface area contributed by atoms with Crippen LogP contribution in [0.1, 0.15) is 52.6 Å². The average molecular weight is 403 g/mol. The van der Waals surface area contributed by atoms with Crippen molar-refractivity contribution in [2.24, 2.45) is 0 Å². The molecule has 0 N–H and O–H groups in total. The predicted molar refractivity (Wildman–Crippen MR) is 103 cm³/mol. The summed E-state index contributed by atoms with van der Waals surface area (Å²) in [6.07, 6.45) is -0.143. The maximum absolute atomic E-state index is 12.9. The number of thiophene rings is 1. The Labute approximate surface area is 166 Å². The highest BCUT2D eigenvalue weighted by atomic mass is 32.1. The van der Waals surface area contributed by atoms with Crippen molar-refractivity contribution in [2.75, 3.05) is 20.3 Å². The Morgan fingerprint density at radius 1 is 1.07 bits per heavy atom. The van der Waals surface area contributed by atoms with Gasteiger partial charge in [0.15, 0.2) is 11.5 Å². The molecule has 1 aromatic heterocycles. The number of carbonyl (C=O) groups excluding carboxylic acids is 3. The first-order valence-corrected chi connectivity index (χ1v) is 9.86. The van der Waals surface area contributed by atoms with Crippen LogP contribution in [0.3, 0.4) is 0 Å². The highest BCUT2D eigenvalue weighted by Crippen LogP contribution is 2.38. The molecule has 2 aromatic rings. The van der Waals surface area contributed by atoms with E-state index < -0.39 is 23.8 Å². The van der Waals surface area contributed by atoms with Gasteiger partial charge in [0.2, 0.25) is 0 Å². The summed E-state index contributed by atoms with van der Waals surface area (Å²) in [5.74, 6) is -0.315. The van der Waals surface area contributed by atoms with E-state index in [4.69, 9.17) is 14.2 Å². The lowest BCUT2D eigenvalue weighted by molar-refractivity contribution is -0.144. The maximum atomic E-state index is 12.9. The lowest BCUT2D eigenvalue weighted by atomic mass is 10.0. The second-order valence-electron chi connectivity index (χ2n) is 6.05. The average Bonchev–Trinajstić information content (AvgIpc) is 3.25. The van der Waals surface area contributed by atoms with Gasteiger partial charge in [-0.1, -0.05) is 6.07 Å². The van der Waals surface area contributed by atoms with E-state index in [1.54, 1.807) is 35.9 Å². The summed E-state index contributed by atoms with van der Waals surface area (Å²) >= 11 is 1.30. The van der Waals surface area contributed by atoms with E-state index in [9.17, 15) is 14.4 Å². The Kier molecular flexibility index (Phi) is 5.99. The molecule has 7 nitrogen and oxygen atoms in total. The molecule has 0 radical (unpaired) electrons. The Balaban J connectivity index is 2.01. The number of methoxy groups -OCH3 is 1. The molecule has 0 saturated heterocycles. The number of ether oxygens (including phenoxy) is 3. The molecule has 0 bridgehead atoms. The van der Waals surface area contributed by atoms with Gasteiger partial charge in [-0.3, -0.25) is 19.3 Å². The SMILES string of the molecule is CCOC(=O)CC(c1ccc(OCC)c(OC)c1)N1C(=O)c2cscc2C1=O. The number of imide groups is 1. The third-order valence-electron chi connectivity index (χ3n) is 4.41. The Bertz CT molecular complexity index is 875. The zero-order chi connectivity index (χ0) is 20.3. The number of amides is 2. The zero-order valence-electron chi connectivity index (χ0n) is 15.9. The first-order chi connectivity index (χ1) is 13.5. The molecule has 2 amide bonds. The van der Waals surface area contributed by atoms with Gasteiger partial charge in [-0.15, -0.1) is 0 Å². The van der Waals surface area contributed by atoms with Crippen LogP contribution in [0.4, 0.5) is 0 Å². The molecule has 0 fully saturated rings. The van der Waals surface area contributed by atoms with Crippen molar-refractivity contribution in [2.45, 2.75) is 26.3 Å². The minimum Gasteiger partial charge on any atom is -0.493 e. The van der Waals surface area contributed by atoms with Crippen LogP contribution in [-0.2, 0) is 9.53 Å². The number of fused-ring (bicyclic) bond motifs is 1. The van der Waals surface area contributed by atoms with Crippen LogP contribution >= 0.6 is 11.3 Å². The van der Waals surface area contributed by atoms with Gasteiger partial charge < -0.3 is 14.2 Å². The third-order valence-corrected chi connectivity index (χ3v) is 5.15. The number of rotatable bonds is 8. The Hall–Kier alpha value is -2.87. The van der Waals surface area contributed by atoms with Gasteiger partial charge in [-0.2, -0.15) is 11.3 Å². The normalized spacial score (nSPS) is 14.0. The van der Waals surface area contributed by atoms with Crippen LogP contribution in [0.2, 0.25) is 0 Å². The lowest BCUT2D eigenvalue weighted by Crippen LogP contribution is -2.35. The number of carbonyl (C=O) groups is 3. The van der Waals surface area contributed by atoms with E-state index in [0.29, 0.717) is 34.8 Å². The molecule has 1 aliphatic heterocycles. The number of benzene rings is 1. The van der Waals surface area contributed by atoms with Crippen LogP contribution in [0.15, 0.2) is 29.0 Å². The van der Waals surface area contributed by atoms with Gasteiger partial charge in [-0.25, -0.2) is 0 Å². The van der Waals surface area contributed by atoms with Crippen molar-refractivity contribution in [1.82, 2.24) is 4.90 Å². The summed E-state index contributed by atoms with van der Waals surface area (Å²) in [7, 11) is 1.51. The molecule has 148 valence electrons. The van der Waals surface area contributed by atoms with Crippen LogP contribution in [-0.4, -0.2) is 43.0 Å². The van der Waals surface area contributed by atoms with Crippen molar-refractivity contribution < 1.29 is 28.6 Å². The number of hydrogen-bond donors (Lipinski definition) is 0. The summed E-state index contributed by atoms with van der Waals surface area (Å²) in [4.78, 5) is 39.0. The summed E-state index contributed by atoms with van der Waals surface area (Å²) in [5, 5.41) is 3.30. The van der Waals surface area contributed by atoms with Crippen LogP contribution in [0.25, 0.3) is 0 Å². The molecule has 3 rings (SSSR count).